The third-order valence-corrected chi connectivity index (χ3v) is 4.41. The van der Waals surface area contributed by atoms with Gasteiger partial charge in [-0.2, -0.15) is 0 Å². The van der Waals surface area contributed by atoms with Gasteiger partial charge in [0.25, 0.3) is 5.56 Å². The first-order valence-electron chi connectivity index (χ1n) is 7.27. The zero-order valence-electron chi connectivity index (χ0n) is 12.4. The van der Waals surface area contributed by atoms with Crippen molar-refractivity contribution >= 4 is 26.8 Å². The van der Waals surface area contributed by atoms with Gasteiger partial charge in [-0.3, -0.25) is 4.79 Å². The minimum Gasteiger partial charge on any atom is -0.405 e. The van der Waals surface area contributed by atoms with Crippen LogP contribution in [0.4, 0.5) is 0 Å². The molecule has 2 aromatic carbocycles. The number of hydrogen-bond acceptors (Lipinski definition) is 3. The van der Waals surface area contributed by atoms with E-state index in [9.17, 15) is 9.90 Å². The Hall–Kier alpha value is -2.11. The van der Waals surface area contributed by atoms with Gasteiger partial charge in [0.05, 0.1) is 17.0 Å². The molecule has 23 heavy (non-hydrogen) atoms. The molecular weight excluding hydrogens is 358 g/mol. The summed E-state index contributed by atoms with van der Waals surface area (Å²) >= 11 is 3.45. The molecular formula is C18H16BrNO3. The first-order valence-corrected chi connectivity index (χ1v) is 8.19. The van der Waals surface area contributed by atoms with Gasteiger partial charge in [0.1, 0.15) is 6.61 Å². The first-order chi connectivity index (χ1) is 11.2. The highest BCUT2D eigenvalue weighted by atomic mass is 79.9. The Morgan fingerprint density at radius 3 is 2.57 bits per heavy atom. The fraction of sp³-hybridized carbons (Fsp3) is 0.167. The lowest BCUT2D eigenvalue weighted by molar-refractivity contribution is 0.0993. The highest BCUT2D eigenvalue weighted by molar-refractivity contribution is 9.09. The molecule has 3 rings (SSSR count). The molecule has 3 aromatic rings. The SMILES string of the molecule is O=c1ccc2c(C(Br)CO)cccc2n1OCc1ccccc1. The largest absolute Gasteiger partial charge is 0.405 e. The van der Waals surface area contributed by atoms with Gasteiger partial charge in [-0.1, -0.05) is 58.4 Å². The Bertz CT molecular complexity index is 861. The number of halogens is 1. The van der Waals surface area contributed by atoms with Crippen LogP contribution >= 0.6 is 15.9 Å². The Balaban J connectivity index is 2.02. The molecule has 0 radical (unpaired) electrons. The lowest BCUT2D eigenvalue weighted by Crippen LogP contribution is -2.26. The van der Waals surface area contributed by atoms with E-state index in [1.165, 1.54) is 10.8 Å². The van der Waals surface area contributed by atoms with Crippen molar-refractivity contribution < 1.29 is 9.94 Å². The Labute approximate surface area is 142 Å². The molecule has 4 nitrogen and oxygen atoms in total. The predicted molar refractivity (Wildman–Crippen MR) is 93.7 cm³/mol. The number of nitrogens with zero attached hydrogens (tertiary/aromatic N) is 1. The average molecular weight is 374 g/mol. The number of benzene rings is 2. The molecule has 0 saturated heterocycles. The summed E-state index contributed by atoms with van der Waals surface area (Å²) in [6.45, 7) is 0.283. The molecule has 0 aliphatic carbocycles. The van der Waals surface area contributed by atoms with Crippen LogP contribution in [0.5, 0.6) is 0 Å². The van der Waals surface area contributed by atoms with Gasteiger partial charge in [0, 0.05) is 11.5 Å². The molecule has 0 spiro atoms. The molecule has 0 fully saturated rings. The van der Waals surface area contributed by atoms with Crippen LogP contribution in [0.3, 0.4) is 0 Å². The van der Waals surface area contributed by atoms with E-state index >= 15 is 0 Å². The van der Waals surface area contributed by atoms with Crippen molar-refractivity contribution in [3.8, 4) is 0 Å². The summed E-state index contributed by atoms with van der Waals surface area (Å²) < 4.78 is 1.31. The lowest BCUT2D eigenvalue weighted by Gasteiger charge is -2.15. The highest BCUT2D eigenvalue weighted by Crippen LogP contribution is 2.28. The Morgan fingerprint density at radius 2 is 1.83 bits per heavy atom. The van der Waals surface area contributed by atoms with E-state index in [2.05, 4.69) is 15.9 Å². The van der Waals surface area contributed by atoms with Gasteiger partial charge >= 0.3 is 0 Å². The zero-order valence-corrected chi connectivity index (χ0v) is 13.9. The van der Waals surface area contributed by atoms with E-state index in [0.717, 1.165) is 16.5 Å². The normalized spacial score (nSPS) is 12.3. The highest BCUT2D eigenvalue weighted by Gasteiger charge is 2.13. The first kappa shape index (κ1) is 15.8. The maximum atomic E-state index is 12.2. The molecule has 1 atom stereocenters. The molecule has 0 saturated carbocycles. The monoisotopic (exact) mass is 373 g/mol. The quantitative estimate of drug-likeness (QED) is 0.699. The number of rotatable bonds is 5. The van der Waals surface area contributed by atoms with Gasteiger partial charge in [0.15, 0.2) is 0 Å². The number of fused-ring (bicyclic) bond motifs is 1. The van der Waals surface area contributed by atoms with Crippen LogP contribution in [0.15, 0.2) is 65.5 Å². The third kappa shape index (κ3) is 3.30. The van der Waals surface area contributed by atoms with Crippen molar-refractivity contribution in [2.45, 2.75) is 11.4 Å². The number of pyridine rings is 1. The van der Waals surface area contributed by atoms with Gasteiger partial charge in [-0.25, -0.2) is 0 Å². The molecule has 0 amide bonds. The van der Waals surface area contributed by atoms with E-state index in [4.69, 9.17) is 4.84 Å². The van der Waals surface area contributed by atoms with E-state index < -0.39 is 0 Å². The molecule has 118 valence electrons. The van der Waals surface area contributed by atoms with Crippen molar-refractivity contribution in [2.24, 2.45) is 0 Å². The minimum atomic E-state index is -0.222. The number of aliphatic hydroxyl groups is 1. The Morgan fingerprint density at radius 1 is 1.04 bits per heavy atom. The second-order valence-corrected chi connectivity index (χ2v) is 6.26. The second-order valence-electron chi connectivity index (χ2n) is 5.16. The predicted octanol–water partition coefficient (Wildman–Crippen LogP) is 3.06. The van der Waals surface area contributed by atoms with Gasteiger partial charge in [-0.15, -0.1) is 4.73 Å². The van der Waals surface area contributed by atoms with Crippen LogP contribution in [0.2, 0.25) is 0 Å². The van der Waals surface area contributed by atoms with Crippen molar-refractivity contribution in [2.75, 3.05) is 6.61 Å². The molecule has 1 unspecified atom stereocenters. The number of hydrogen-bond donors (Lipinski definition) is 1. The van der Waals surface area contributed by atoms with E-state index in [1.54, 1.807) is 6.07 Å². The summed E-state index contributed by atoms with van der Waals surface area (Å²) in [5, 5.41) is 10.2. The van der Waals surface area contributed by atoms with Crippen molar-refractivity contribution in [1.29, 1.82) is 0 Å². The fourth-order valence-electron chi connectivity index (χ4n) is 2.49. The molecule has 5 heteroatoms. The van der Waals surface area contributed by atoms with Crippen molar-refractivity contribution in [3.63, 3.8) is 0 Å². The summed E-state index contributed by atoms with van der Waals surface area (Å²) in [6, 6.07) is 18.5. The van der Waals surface area contributed by atoms with Crippen LogP contribution < -0.4 is 10.4 Å². The molecule has 0 aliphatic rings. The average Bonchev–Trinajstić information content (AvgIpc) is 2.60. The summed E-state index contributed by atoms with van der Waals surface area (Å²) in [6.07, 6.45) is 0. The van der Waals surface area contributed by atoms with Crippen LogP contribution in [0.1, 0.15) is 16.0 Å². The molecule has 0 bridgehead atoms. The van der Waals surface area contributed by atoms with Crippen LogP contribution in [0.25, 0.3) is 10.9 Å². The third-order valence-electron chi connectivity index (χ3n) is 3.63. The topological polar surface area (TPSA) is 51.5 Å². The van der Waals surface area contributed by atoms with Crippen LogP contribution in [0, 0.1) is 0 Å². The number of alkyl halides is 1. The standard InChI is InChI=1S/C18H16BrNO3/c19-16(11-21)14-7-4-8-17-15(14)9-10-18(22)20(17)23-12-13-5-2-1-3-6-13/h1-10,16,21H,11-12H2. The number of aliphatic hydroxyl groups excluding tert-OH is 1. The number of aromatic nitrogens is 1. The van der Waals surface area contributed by atoms with Crippen LogP contribution in [-0.2, 0) is 6.61 Å². The zero-order chi connectivity index (χ0) is 16.2. The smallest absolute Gasteiger partial charge is 0.283 e. The fourth-order valence-corrected chi connectivity index (χ4v) is 2.89. The molecule has 0 aliphatic heterocycles. The summed E-state index contributed by atoms with van der Waals surface area (Å²) in [7, 11) is 0. The minimum absolute atomic E-state index is 0.0247. The summed E-state index contributed by atoms with van der Waals surface area (Å²) in [5.41, 5.74) is 2.37. The maximum Gasteiger partial charge on any atom is 0.283 e. The van der Waals surface area contributed by atoms with Gasteiger partial charge < -0.3 is 9.94 Å². The van der Waals surface area contributed by atoms with Crippen molar-refractivity contribution in [3.05, 3.63) is 82.1 Å². The van der Waals surface area contributed by atoms with Crippen LogP contribution in [-0.4, -0.2) is 16.4 Å². The maximum absolute atomic E-state index is 12.2. The summed E-state index contributed by atoms with van der Waals surface area (Å²) in [4.78, 5) is 17.7. The molecule has 1 heterocycles. The molecule has 1 N–H and O–H groups in total. The van der Waals surface area contributed by atoms with E-state index in [-0.39, 0.29) is 17.0 Å². The molecule has 1 aromatic heterocycles. The summed E-state index contributed by atoms with van der Waals surface area (Å²) in [5.74, 6) is 0. The second kappa shape index (κ2) is 6.98. The van der Waals surface area contributed by atoms with E-state index in [1.807, 2.05) is 48.5 Å². The lowest BCUT2D eigenvalue weighted by atomic mass is 10.1. The van der Waals surface area contributed by atoms with Gasteiger partial charge in [0.2, 0.25) is 0 Å². The Kier molecular flexibility index (Phi) is 4.79. The van der Waals surface area contributed by atoms with Gasteiger partial charge in [-0.05, 0) is 23.3 Å². The van der Waals surface area contributed by atoms with E-state index in [0.29, 0.717) is 12.1 Å². The van der Waals surface area contributed by atoms with Crippen molar-refractivity contribution in [1.82, 2.24) is 4.73 Å².